The molecule has 0 heterocycles. The Morgan fingerprint density at radius 3 is 2.19 bits per heavy atom. The average molecular weight is 334 g/mol. The van der Waals surface area contributed by atoms with Crippen LogP contribution in [-0.2, 0) is 29.2 Å². The predicted octanol–water partition coefficient (Wildman–Crippen LogP) is 0.671. The number of carbonyl (C=O) groups excluding carboxylic acids is 2. The van der Waals surface area contributed by atoms with Gasteiger partial charge in [0.2, 0.25) is 0 Å². The van der Waals surface area contributed by atoms with Crippen LogP contribution < -0.4 is 0 Å². The zero-order valence-corrected chi connectivity index (χ0v) is 12.6. The standard InChI is InChI=1S/C12H22O7S.Na.H/c1-3-5-6-7-8-19-12(14)10(20(15,16)17)9-11(13)18-4-2;;/h10H,3-9H2,1-2H3,(H,15,16,17);;. The van der Waals surface area contributed by atoms with Gasteiger partial charge in [0.1, 0.15) is 0 Å². The molecule has 0 rings (SSSR count). The third-order valence-electron chi connectivity index (χ3n) is 2.52. The number of hydrogen-bond donors (Lipinski definition) is 1. The van der Waals surface area contributed by atoms with Crippen molar-refractivity contribution >= 4 is 51.6 Å². The molecule has 0 aliphatic heterocycles. The first kappa shape index (κ1) is 23.1. The van der Waals surface area contributed by atoms with Crippen LogP contribution in [0.4, 0.5) is 0 Å². The van der Waals surface area contributed by atoms with Crippen molar-refractivity contribution in [2.45, 2.75) is 51.2 Å². The zero-order chi connectivity index (χ0) is 15.6. The van der Waals surface area contributed by atoms with Gasteiger partial charge in [0.05, 0.1) is 19.6 Å². The van der Waals surface area contributed by atoms with Gasteiger partial charge in [-0.1, -0.05) is 26.2 Å². The minimum atomic E-state index is -4.70. The monoisotopic (exact) mass is 334 g/mol. The zero-order valence-electron chi connectivity index (χ0n) is 11.8. The van der Waals surface area contributed by atoms with E-state index in [2.05, 4.69) is 4.74 Å². The summed E-state index contributed by atoms with van der Waals surface area (Å²) in [5, 5.41) is -1.92. The van der Waals surface area contributed by atoms with E-state index in [9.17, 15) is 18.0 Å². The van der Waals surface area contributed by atoms with Gasteiger partial charge in [-0.25, -0.2) is 0 Å². The van der Waals surface area contributed by atoms with E-state index >= 15 is 0 Å². The molecule has 0 aromatic rings. The Balaban J connectivity index is 0. The summed E-state index contributed by atoms with van der Waals surface area (Å²) >= 11 is 0. The maximum atomic E-state index is 11.6. The number of rotatable bonds is 10. The number of carbonyl (C=O) groups is 2. The molecule has 0 amide bonds. The Kier molecular flexibility index (Phi) is 13.7. The summed E-state index contributed by atoms with van der Waals surface area (Å²) in [5.74, 6) is -2.00. The van der Waals surface area contributed by atoms with E-state index in [1.54, 1.807) is 6.92 Å². The van der Waals surface area contributed by atoms with E-state index in [-0.39, 0.29) is 42.8 Å². The fraction of sp³-hybridized carbons (Fsp3) is 0.833. The molecule has 0 saturated carbocycles. The van der Waals surface area contributed by atoms with Crippen molar-refractivity contribution in [3.05, 3.63) is 0 Å². The van der Waals surface area contributed by atoms with Crippen molar-refractivity contribution in [1.29, 1.82) is 0 Å². The first-order chi connectivity index (χ1) is 9.32. The van der Waals surface area contributed by atoms with Gasteiger partial charge in [0, 0.05) is 0 Å². The van der Waals surface area contributed by atoms with Gasteiger partial charge < -0.3 is 9.47 Å². The molecule has 9 heteroatoms. The van der Waals surface area contributed by atoms with Gasteiger partial charge in [0.15, 0.2) is 5.25 Å². The molecule has 0 aromatic heterocycles. The molecular weight excluding hydrogens is 311 g/mol. The molecule has 0 aliphatic rings. The maximum absolute atomic E-state index is 11.6. The molecule has 0 spiro atoms. The normalized spacial score (nSPS) is 12.1. The first-order valence-electron chi connectivity index (χ1n) is 6.61. The summed E-state index contributed by atoms with van der Waals surface area (Å²) in [7, 11) is -4.70. The van der Waals surface area contributed by atoms with Crippen LogP contribution in [0.5, 0.6) is 0 Å². The third-order valence-corrected chi connectivity index (χ3v) is 3.60. The van der Waals surface area contributed by atoms with Gasteiger partial charge in [-0.2, -0.15) is 8.42 Å². The van der Waals surface area contributed by atoms with Crippen molar-refractivity contribution < 1.29 is 32.0 Å². The van der Waals surface area contributed by atoms with Crippen molar-refractivity contribution in [2.75, 3.05) is 13.2 Å². The topological polar surface area (TPSA) is 107 Å². The first-order valence-corrected chi connectivity index (χ1v) is 8.11. The average Bonchev–Trinajstić information content (AvgIpc) is 2.34. The Morgan fingerprint density at radius 1 is 1.10 bits per heavy atom. The molecule has 0 radical (unpaired) electrons. The van der Waals surface area contributed by atoms with E-state index in [0.717, 1.165) is 19.3 Å². The Bertz CT molecular complexity index is 408. The number of unbranched alkanes of at least 4 members (excludes halogenated alkanes) is 3. The molecule has 1 unspecified atom stereocenters. The van der Waals surface area contributed by atoms with Crippen LogP contribution in [0.25, 0.3) is 0 Å². The molecule has 0 bridgehead atoms. The SMILES string of the molecule is CCCCCCOC(=O)C(CC(=O)OCC)S(=O)(=O)O.[NaH]. The molecule has 21 heavy (non-hydrogen) atoms. The molecule has 0 aliphatic carbocycles. The van der Waals surface area contributed by atoms with Crippen molar-refractivity contribution in [3.8, 4) is 0 Å². The number of hydrogen-bond acceptors (Lipinski definition) is 6. The second-order valence-corrected chi connectivity index (χ2v) is 5.84. The fourth-order valence-electron chi connectivity index (χ4n) is 1.48. The summed E-state index contributed by atoms with van der Waals surface area (Å²) in [6.07, 6.45) is 2.72. The van der Waals surface area contributed by atoms with Gasteiger partial charge in [0.25, 0.3) is 10.1 Å². The summed E-state index contributed by atoms with van der Waals surface area (Å²) < 4.78 is 40.5. The molecule has 1 atom stereocenters. The Morgan fingerprint density at radius 2 is 1.71 bits per heavy atom. The van der Waals surface area contributed by atoms with Crippen LogP contribution in [0.3, 0.4) is 0 Å². The molecule has 0 fully saturated rings. The van der Waals surface area contributed by atoms with E-state index < -0.39 is 33.7 Å². The Hall–Kier alpha value is -0.150. The summed E-state index contributed by atoms with van der Waals surface area (Å²) in [6, 6.07) is 0. The molecular formula is C12H23NaO7S. The van der Waals surface area contributed by atoms with Crippen LogP contribution in [-0.4, -0.2) is 72.9 Å². The van der Waals surface area contributed by atoms with Gasteiger partial charge >= 0.3 is 41.5 Å². The second-order valence-electron chi connectivity index (χ2n) is 4.24. The van der Waals surface area contributed by atoms with Crippen LogP contribution in [0, 0.1) is 0 Å². The summed E-state index contributed by atoms with van der Waals surface area (Å²) in [5.41, 5.74) is 0. The number of ether oxygens (including phenoxy) is 2. The van der Waals surface area contributed by atoms with Crippen LogP contribution in [0.1, 0.15) is 46.0 Å². The molecule has 0 aromatic carbocycles. The quantitative estimate of drug-likeness (QED) is 0.271. The molecule has 7 nitrogen and oxygen atoms in total. The summed E-state index contributed by atoms with van der Waals surface area (Å²) in [6.45, 7) is 3.70. The van der Waals surface area contributed by atoms with Crippen LogP contribution in [0.15, 0.2) is 0 Å². The number of esters is 2. The van der Waals surface area contributed by atoms with Crippen LogP contribution in [0.2, 0.25) is 0 Å². The fourth-order valence-corrected chi connectivity index (χ4v) is 2.13. The molecule has 0 saturated heterocycles. The van der Waals surface area contributed by atoms with E-state index in [4.69, 9.17) is 9.29 Å². The van der Waals surface area contributed by atoms with Gasteiger partial charge in [-0.3, -0.25) is 14.1 Å². The molecule has 120 valence electrons. The Labute approximate surface area is 147 Å². The second kappa shape index (κ2) is 12.4. The van der Waals surface area contributed by atoms with Crippen molar-refractivity contribution in [1.82, 2.24) is 0 Å². The van der Waals surface area contributed by atoms with Crippen LogP contribution >= 0.6 is 0 Å². The minimum absolute atomic E-state index is 0. The van der Waals surface area contributed by atoms with Gasteiger partial charge in [-0.15, -0.1) is 0 Å². The third kappa shape index (κ3) is 11.1. The predicted molar refractivity (Wildman–Crippen MR) is 78.8 cm³/mol. The van der Waals surface area contributed by atoms with Crippen molar-refractivity contribution in [2.24, 2.45) is 0 Å². The summed E-state index contributed by atoms with van der Waals surface area (Å²) in [4.78, 5) is 22.8. The molecule has 1 N–H and O–H groups in total. The van der Waals surface area contributed by atoms with Crippen molar-refractivity contribution in [3.63, 3.8) is 0 Å². The van der Waals surface area contributed by atoms with E-state index in [1.165, 1.54) is 0 Å². The van der Waals surface area contributed by atoms with Gasteiger partial charge in [-0.05, 0) is 13.3 Å². The van der Waals surface area contributed by atoms with E-state index in [0.29, 0.717) is 6.42 Å². The van der Waals surface area contributed by atoms with E-state index in [1.807, 2.05) is 6.92 Å².